The van der Waals surface area contributed by atoms with Crippen LogP contribution in [0.2, 0.25) is 0 Å². The van der Waals surface area contributed by atoms with Crippen LogP contribution in [0.15, 0.2) is 4.42 Å². The van der Waals surface area contributed by atoms with Gasteiger partial charge in [0.25, 0.3) is 0 Å². The first-order valence-corrected chi connectivity index (χ1v) is 6.08. The monoisotopic (exact) mass is 224 g/mol. The molecular weight excluding hydrogens is 204 g/mol. The van der Waals surface area contributed by atoms with Crippen LogP contribution in [0.5, 0.6) is 0 Å². The lowest BCUT2D eigenvalue weighted by molar-refractivity contribution is 0.393. The van der Waals surface area contributed by atoms with Crippen LogP contribution in [0.4, 0.5) is 6.01 Å². The molecule has 0 aliphatic carbocycles. The number of rotatable bonds is 3. The van der Waals surface area contributed by atoms with Crippen LogP contribution in [0, 0.1) is 0 Å². The number of aromatic nitrogens is 2. The summed E-state index contributed by atoms with van der Waals surface area (Å²) in [5.74, 6) is 0.524. The zero-order valence-corrected chi connectivity index (χ0v) is 10.0. The molecule has 0 amide bonds. The molecular formula is C11H20N4O. The van der Waals surface area contributed by atoms with Gasteiger partial charge in [-0.3, -0.25) is 0 Å². The van der Waals surface area contributed by atoms with E-state index in [0.29, 0.717) is 17.9 Å². The van der Waals surface area contributed by atoms with Gasteiger partial charge in [-0.15, -0.1) is 5.10 Å². The maximum atomic E-state index is 5.71. The van der Waals surface area contributed by atoms with E-state index in [9.17, 15) is 0 Å². The van der Waals surface area contributed by atoms with Crippen LogP contribution in [-0.2, 0) is 0 Å². The molecule has 2 N–H and O–H groups in total. The van der Waals surface area contributed by atoms with E-state index in [1.54, 1.807) is 0 Å². The molecule has 5 nitrogen and oxygen atoms in total. The van der Waals surface area contributed by atoms with Gasteiger partial charge in [-0.1, -0.05) is 12.0 Å². The highest BCUT2D eigenvalue weighted by Gasteiger charge is 2.25. The Bertz CT molecular complexity index is 336. The predicted molar refractivity (Wildman–Crippen MR) is 62.2 cm³/mol. The summed E-state index contributed by atoms with van der Waals surface area (Å²) in [6.07, 6.45) is 4.83. The minimum Gasteiger partial charge on any atom is -0.406 e. The van der Waals surface area contributed by atoms with Crippen LogP contribution >= 0.6 is 0 Å². The largest absolute Gasteiger partial charge is 0.406 e. The molecule has 2 rings (SSSR count). The Morgan fingerprint density at radius 3 is 2.94 bits per heavy atom. The second-order valence-corrected chi connectivity index (χ2v) is 4.46. The molecule has 0 saturated carbocycles. The summed E-state index contributed by atoms with van der Waals surface area (Å²) in [7, 11) is 0. The van der Waals surface area contributed by atoms with Crippen LogP contribution in [0.3, 0.4) is 0 Å². The molecule has 1 aromatic heterocycles. The Morgan fingerprint density at radius 2 is 2.31 bits per heavy atom. The van der Waals surface area contributed by atoms with Gasteiger partial charge in [0.05, 0.1) is 6.04 Å². The molecule has 16 heavy (non-hydrogen) atoms. The molecule has 2 unspecified atom stereocenters. The topological polar surface area (TPSA) is 68.2 Å². The van der Waals surface area contributed by atoms with Crippen molar-refractivity contribution in [3.8, 4) is 0 Å². The Labute approximate surface area is 96.0 Å². The number of nitrogens with two attached hydrogens (primary N) is 1. The zero-order chi connectivity index (χ0) is 11.5. The average molecular weight is 224 g/mol. The van der Waals surface area contributed by atoms with Gasteiger partial charge in [0, 0.05) is 12.6 Å². The average Bonchev–Trinajstić information content (AvgIpc) is 2.78. The van der Waals surface area contributed by atoms with Gasteiger partial charge in [-0.2, -0.15) is 0 Å². The second kappa shape index (κ2) is 4.82. The second-order valence-electron chi connectivity index (χ2n) is 4.46. The molecule has 2 heterocycles. The lowest BCUT2D eigenvalue weighted by atomic mass is 10.0. The van der Waals surface area contributed by atoms with E-state index >= 15 is 0 Å². The molecule has 0 aromatic carbocycles. The molecule has 90 valence electrons. The van der Waals surface area contributed by atoms with E-state index in [4.69, 9.17) is 10.2 Å². The van der Waals surface area contributed by atoms with Crippen molar-refractivity contribution in [3.05, 3.63) is 5.89 Å². The molecule has 0 spiro atoms. The van der Waals surface area contributed by atoms with E-state index in [0.717, 1.165) is 13.0 Å². The van der Waals surface area contributed by atoms with Gasteiger partial charge >= 0.3 is 6.01 Å². The molecule has 1 fully saturated rings. The third-order valence-electron chi connectivity index (χ3n) is 3.16. The number of hydrogen-bond donors (Lipinski definition) is 1. The first kappa shape index (κ1) is 11.4. The van der Waals surface area contributed by atoms with Crippen molar-refractivity contribution in [1.29, 1.82) is 0 Å². The SMILES string of the molecule is CCC1CCCCN1c1nnc(C(C)N)o1. The predicted octanol–water partition coefficient (Wildman–Crippen LogP) is 1.86. The molecule has 0 radical (unpaired) electrons. The summed E-state index contributed by atoms with van der Waals surface area (Å²) in [6, 6.07) is 0.986. The quantitative estimate of drug-likeness (QED) is 0.848. The minimum atomic E-state index is -0.189. The van der Waals surface area contributed by atoms with E-state index in [-0.39, 0.29) is 6.04 Å². The van der Waals surface area contributed by atoms with E-state index in [1.165, 1.54) is 19.3 Å². The van der Waals surface area contributed by atoms with E-state index in [1.807, 2.05) is 6.92 Å². The number of piperidine rings is 1. The van der Waals surface area contributed by atoms with Gasteiger partial charge in [-0.05, 0) is 32.6 Å². The first-order chi connectivity index (χ1) is 7.72. The molecule has 2 atom stereocenters. The van der Waals surface area contributed by atoms with Crippen molar-refractivity contribution in [2.45, 2.75) is 51.6 Å². The normalized spacial score (nSPS) is 23.4. The van der Waals surface area contributed by atoms with Crippen molar-refractivity contribution >= 4 is 6.01 Å². The summed E-state index contributed by atoms with van der Waals surface area (Å²) in [6.45, 7) is 5.07. The zero-order valence-electron chi connectivity index (χ0n) is 10.0. The van der Waals surface area contributed by atoms with Gasteiger partial charge < -0.3 is 15.1 Å². The third kappa shape index (κ3) is 2.19. The summed E-state index contributed by atoms with van der Waals surface area (Å²) < 4.78 is 5.60. The van der Waals surface area contributed by atoms with E-state index in [2.05, 4.69) is 22.0 Å². The molecule has 1 aromatic rings. The summed E-state index contributed by atoms with van der Waals surface area (Å²) in [5, 5.41) is 8.06. The molecule has 1 aliphatic rings. The Balaban J connectivity index is 2.14. The smallest absolute Gasteiger partial charge is 0.318 e. The van der Waals surface area contributed by atoms with Crippen LogP contribution in [0.25, 0.3) is 0 Å². The fourth-order valence-electron chi connectivity index (χ4n) is 2.20. The Kier molecular flexibility index (Phi) is 3.43. The molecule has 0 bridgehead atoms. The maximum absolute atomic E-state index is 5.71. The highest BCUT2D eigenvalue weighted by atomic mass is 16.4. The maximum Gasteiger partial charge on any atom is 0.318 e. The molecule has 1 saturated heterocycles. The van der Waals surface area contributed by atoms with Crippen molar-refractivity contribution < 1.29 is 4.42 Å². The fraction of sp³-hybridized carbons (Fsp3) is 0.818. The highest BCUT2D eigenvalue weighted by Crippen LogP contribution is 2.26. The first-order valence-electron chi connectivity index (χ1n) is 6.08. The number of hydrogen-bond acceptors (Lipinski definition) is 5. The van der Waals surface area contributed by atoms with Gasteiger partial charge in [0.1, 0.15) is 0 Å². The molecule has 5 heteroatoms. The summed E-state index contributed by atoms with van der Waals surface area (Å²) in [5.41, 5.74) is 5.71. The lowest BCUT2D eigenvalue weighted by Gasteiger charge is -2.33. The number of anilines is 1. The highest BCUT2D eigenvalue weighted by molar-refractivity contribution is 5.27. The minimum absolute atomic E-state index is 0.189. The Morgan fingerprint density at radius 1 is 1.50 bits per heavy atom. The summed E-state index contributed by atoms with van der Waals surface area (Å²) in [4.78, 5) is 2.22. The molecule has 1 aliphatic heterocycles. The van der Waals surface area contributed by atoms with Gasteiger partial charge in [0.2, 0.25) is 5.89 Å². The van der Waals surface area contributed by atoms with Crippen LogP contribution < -0.4 is 10.6 Å². The van der Waals surface area contributed by atoms with Crippen molar-refractivity contribution in [3.63, 3.8) is 0 Å². The Hall–Kier alpha value is -1.10. The number of nitrogens with zero attached hydrogens (tertiary/aromatic N) is 3. The van der Waals surface area contributed by atoms with Crippen molar-refractivity contribution in [2.75, 3.05) is 11.4 Å². The van der Waals surface area contributed by atoms with Crippen molar-refractivity contribution in [2.24, 2.45) is 5.73 Å². The lowest BCUT2D eigenvalue weighted by Crippen LogP contribution is -2.39. The van der Waals surface area contributed by atoms with Crippen LogP contribution in [0.1, 0.15) is 51.5 Å². The van der Waals surface area contributed by atoms with Gasteiger partial charge in [0.15, 0.2) is 0 Å². The van der Waals surface area contributed by atoms with Crippen molar-refractivity contribution in [1.82, 2.24) is 10.2 Å². The standard InChI is InChI=1S/C11H20N4O/c1-3-9-6-4-5-7-15(9)11-14-13-10(16-11)8(2)12/h8-9H,3-7,12H2,1-2H3. The third-order valence-corrected chi connectivity index (χ3v) is 3.16. The van der Waals surface area contributed by atoms with Crippen LogP contribution in [-0.4, -0.2) is 22.8 Å². The van der Waals surface area contributed by atoms with Gasteiger partial charge in [-0.25, -0.2) is 0 Å². The fourth-order valence-corrected chi connectivity index (χ4v) is 2.20. The summed E-state index contributed by atoms with van der Waals surface area (Å²) >= 11 is 0. The van der Waals surface area contributed by atoms with E-state index < -0.39 is 0 Å².